The Morgan fingerprint density at radius 1 is 1.43 bits per heavy atom. The van der Waals surface area contributed by atoms with E-state index < -0.39 is 0 Å². The molecule has 21 heavy (non-hydrogen) atoms. The Hall–Kier alpha value is -1.39. The summed E-state index contributed by atoms with van der Waals surface area (Å²) in [6, 6.07) is 4.82. The molecule has 0 aliphatic carbocycles. The quantitative estimate of drug-likeness (QED) is 0.664. The average Bonchev–Trinajstić information content (AvgIpc) is 2.64. The highest BCUT2D eigenvalue weighted by Crippen LogP contribution is 2.28. The zero-order valence-electron chi connectivity index (χ0n) is 13.2. The lowest BCUT2D eigenvalue weighted by Crippen LogP contribution is -2.34. The van der Waals surface area contributed by atoms with Crippen LogP contribution in [0.2, 0.25) is 0 Å². The maximum Gasteiger partial charge on any atom is 0.178 e. The number of rotatable bonds is 2. The number of hydrogen-bond acceptors (Lipinski definition) is 2. The highest BCUT2D eigenvalue weighted by atomic mass is 32.1. The lowest BCUT2D eigenvalue weighted by Gasteiger charge is -2.26. The molecule has 0 fully saturated rings. The van der Waals surface area contributed by atoms with Crippen molar-refractivity contribution in [1.82, 2.24) is 14.5 Å². The van der Waals surface area contributed by atoms with Crippen LogP contribution in [-0.2, 0) is 13.1 Å². The Morgan fingerprint density at radius 2 is 2.19 bits per heavy atom. The van der Waals surface area contributed by atoms with E-state index in [0.717, 1.165) is 29.9 Å². The van der Waals surface area contributed by atoms with E-state index in [2.05, 4.69) is 60.4 Å². The first-order valence-electron chi connectivity index (χ1n) is 7.55. The normalized spacial score (nSPS) is 18.8. The van der Waals surface area contributed by atoms with Crippen LogP contribution in [0.5, 0.6) is 0 Å². The molecule has 0 bridgehead atoms. The Labute approximate surface area is 131 Å². The third-order valence-electron chi connectivity index (χ3n) is 4.44. The maximum atomic E-state index is 5.52. The lowest BCUT2D eigenvalue weighted by atomic mass is 10.1. The third-order valence-corrected chi connectivity index (χ3v) is 4.76. The van der Waals surface area contributed by atoms with Crippen molar-refractivity contribution in [3.8, 4) is 0 Å². The number of imidazole rings is 1. The van der Waals surface area contributed by atoms with Crippen molar-refractivity contribution in [2.24, 2.45) is 0 Å². The minimum atomic E-state index is 0.470. The van der Waals surface area contributed by atoms with Gasteiger partial charge in [-0.3, -0.25) is 4.90 Å². The van der Waals surface area contributed by atoms with E-state index in [4.69, 9.17) is 12.2 Å². The van der Waals surface area contributed by atoms with E-state index in [-0.39, 0.29) is 0 Å². The van der Waals surface area contributed by atoms with Gasteiger partial charge >= 0.3 is 0 Å². The second kappa shape index (κ2) is 5.43. The fraction of sp³-hybridized carbons (Fsp3) is 0.471. The van der Waals surface area contributed by atoms with Gasteiger partial charge in [0, 0.05) is 25.7 Å². The number of hydrogen-bond donors (Lipinski definition) is 1. The summed E-state index contributed by atoms with van der Waals surface area (Å²) in [4.78, 5) is 5.88. The predicted molar refractivity (Wildman–Crippen MR) is 91.2 cm³/mol. The molecular formula is C17H23N3S. The molecule has 3 nitrogen and oxygen atoms in total. The molecule has 0 spiro atoms. The number of nitrogens with one attached hydrogen (secondary N) is 1. The average molecular weight is 301 g/mol. The molecule has 1 aromatic heterocycles. The number of allylic oxidation sites excluding steroid dienone is 1. The summed E-state index contributed by atoms with van der Waals surface area (Å²) in [6.45, 7) is 11.8. The van der Waals surface area contributed by atoms with E-state index in [1.165, 1.54) is 22.2 Å². The van der Waals surface area contributed by atoms with Crippen molar-refractivity contribution in [1.29, 1.82) is 0 Å². The molecule has 1 aliphatic heterocycles. The van der Waals surface area contributed by atoms with Crippen molar-refractivity contribution >= 4 is 23.3 Å². The smallest absolute Gasteiger partial charge is 0.178 e. The summed E-state index contributed by atoms with van der Waals surface area (Å²) in [5.74, 6) is 0. The fourth-order valence-electron chi connectivity index (χ4n) is 3.09. The fourth-order valence-corrected chi connectivity index (χ4v) is 3.36. The zero-order valence-corrected chi connectivity index (χ0v) is 14.0. The first-order valence-corrected chi connectivity index (χ1v) is 7.96. The van der Waals surface area contributed by atoms with Gasteiger partial charge in [0.05, 0.1) is 11.0 Å². The van der Waals surface area contributed by atoms with Gasteiger partial charge < -0.3 is 9.55 Å². The summed E-state index contributed by atoms with van der Waals surface area (Å²) in [6.07, 6.45) is 2.31. The molecule has 2 aromatic rings. The van der Waals surface area contributed by atoms with Crippen LogP contribution in [-0.4, -0.2) is 27.0 Å². The van der Waals surface area contributed by atoms with Crippen molar-refractivity contribution in [2.45, 2.75) is 46.8 Å². The first-order chi connectivity index (χ1) is 9.97. The SMILES string of the molecule is CC(C)=CCN1Cc2c(C)ccc3[nH]c(=S)n(c23)C[C@@H]1C. The summed E-state index contributed by atoms with van der Waals surface area (Å²) in [5, 5.41) is 0. The summed E-state index contributed by atoms with van der Waals surface area (Å²) >= 11 is 5.52. The minimum absolute atomic E-state index is 0.470. The molecule has 0 amide bonds. The Morgan fingerprint density at radius 3 is 2.90 bits per heavy atom. The second-order valence-corrected chi connectivity index (χ2v) is 6.74. The van der Waals surface area contributed by atoms with Crippen molar-refractivity contribution < 1.29 is 0 Å². The van der Waals surface area contributed by atoms with Gasteiger partial charge in [-0.1, -0.05) is 17.7 Å². The molecule has 0 unspecified atom stereocenters. The molecule has 1 N–H and O–H groups in total. The van der Waals surface area contributed by atoms with E-state index in [1.807, 2.05) is 0 Å². The maximum absolute atomic E-state index is 5.52. The number of aromatic amines is 1. The molecule has 0 saturated carbocycles. The molecular weight excluding hydrogens is 278 g/mol. The van der Waals surface area contributed by atoms with E-state index >= 15 is 0 Å². The standard InChI is InChI=1S/C17H23N3S/c1-11(2)7-8-19-10-14-12(3)5-6-15-16(14)20(9-13(19)4)17(21)18-15/h5-7,13H,8-10H2,1-4H3,(H,18,21)/t13-/m0/s1. The third kappa shape index (κ3) is 2.58. The molecule has 3 rings (SSSR count). The molecule has 4 heteroatoms. The van der Waals surface area contributed by atoms with E-state index in [1.54, 1.807) is 0 Å². The Balaban J connectivity index is 2.12. The molecule has 112 valence electrons. The molecule has 1 aromatic carbocycles. The van der Waals surface area contributed by atoms with Crippen LogP contribution in [0.15, 0.2) is 23.8 Å². The highest BCUT2D eigenvalue weighted by molar-refractivity contribution is 7.71. The summed E-state index contributed by atoms with van der Waals surface area (Å²) in [5.41, 5.74) is 6.59. The molecule has 1 atom stereocenters. The van der Waals surface area contributed by atoms with E-state index in [0.29, 0.717) is 6.04 Å². The van der Waals surface area contributed by atoms with Gasteiger partial charge in [0.2, 0.25) is 0 Å². The molecule has 1 aliphatic rings. The summed E-state index contributed by atoms with van der Waals surface area (Å²) < 4.78 is 3.12. The van der Waals surface area contributed by atoms with Crippen LogP contribution >= 0.6 is 12.2 Å². The molecule has 0 saturated heterocycles. The van der Waals surface area contributed by atoms with Gasteiger partial charge in [0.1, 0.15) is 0 Å². The number of aromatic nitrogens is 2. The summed E-state index contributed by atoms with van der Waals surface area (Å²) in [7, 11) is 0. The van der Waals surface area contributed by atoms with Crippen molar-refractivity contribution in [2.75, 3.05) is 6.54 Å². The largest absolute Gasteiger partial charge is 0.331 e. The zero-order chi connectivity index (χ0) is 15.1. The highest BCUT2D eigenvalue weighted by Gasteiger charge is 2.23. The van der Waals surface area contributed by atoms with Crippen LogP contribution in [0.4, 0.5) is 0 Å². The predicted octanol–water partition coefficient (Wildman–Crippen LogP) is 4.18. The minimum Gasteiger partial charge on any atom is -0.331 e. The van der Waals surface area contributed by atoms with Crippen LogP contribution in [0, 0.1) is 11.7 Å². The van der Waals surface area contributed by atoms with Crippen LogP contribution < -0.4 is 0 Å². The number of nitrogens with zero attached hydrogens (tertiary/aromatic N) is 2. The van der Waals surface area contributed by atoms with Gasteiger partial charge in [-0.05, 0) is 57.1 Å². The van der Waals surface area contributed by atoms with Crippen LogP contribution in [0.1, 0.15) is 31.9 Å². The topological polar surface area (TPSA) is 24.0 Å². The molecule has 0 radical (unpaired) electrons. The molecule has 2 heterocycles. The number of H-pyrrole nitrogens is 1. The Kier molecular flexibility index (Phi) is 3.76. The van der Waals surface area contributed by atoms with E-state index in [9.17, 15) is 0 Å². The Bertz CT molecular complexity index is 762. The number of benzene rings is 1. The van der Waals surface area contributed by atoms with Gasteiger partial charge in [-0.2, -0.15) is 0 Å². The first kappa shape index (κ1) is 14.5. The van der Waals surface area contributed by atoms with Crippen molar-refractivity contribution in [3.05, 3.63) is 39.7 Å². The second-order valence-electron chi connectivity index (χ2n) is 6.36. The van der Waals surface area contributed by atoms with Crippen LogP contribution in [0.3, 0.4) is 0 Å². The van der Waals surface area contributed by atoms with Gasteiger partial charge in [-0.25, -0.2) is 0 Å². The van der Waals surface area contributed by atoms with Crippen LogP contribution in [0.25, 0.3) is 11.0 Å². The lowest BCUT2D eigenvalue weighted by molar-refractivity contribution is 0.210. The van der Waals surface area contributed by atoms with Gasteiger partial charge in [0.15, 0.2) is 4.77 Å². The van der Waals surface area contributed by atoms with Crippen molar-refractivity contribution in [3.63, 3.8) is 0 Å². The van der Waals surface area contributed by atoms with Gasteiger partial charge in [0.25, 0.3) is 0 Å². The number of aryl methyl sites for hydroxylation is 1. The monoisotopic (exact) mass is 301 g/mol. The van der Waals surface area contributed by atoms with Gasteiger partial charge in [-0.15, -0.1) is 0 Å².